The summed E-state index contributed by atoms with van der Waals surface area (Å²) in [7, 11) is 0. The fourth-order valence-corrected chi connectivity index (χ4v) is 1.85. The molecular weight excluding hydrogens is 318 g/mol. The predicted octanol–water partition coefficient (Wildman–Crippen LogP) is 3.38. The Bertz CT molecular complexity index is 509. The van der Waals surface area contributed by atoms with E-state index in [1.165, 1.54) is 0 Å². The van der Waals surface area contributed by atoms with Crippen molar-refractivity contribution in [3.63, 3.8) is 0 Å². The molecule has 108 valence electrons. The average molecular weight is 338 g/mol. The Labute approximate surface area is 129 Å². The third-order valence-corrected chi connectivity index (χ3v) is 2.79. The highest BCUT2D eigenvalue weighted by Gasteiger charge is 2.14. The molecule has 3 nitrogen and oxygen atoms in total. The van der Waals surface area contributed by atoms with Crippen LogP contribution < -0.4 is 10.1 Å². The van der Waals surface area contributed by atoms with E-state index in [4.69, 9.17) is 4.74 Å². The monoisotopic (exact) mass is 337 g/mol. The Hall–Kier alpha value is -1.47. The van der Waals surface area contributed by atoms with E-state index in [1.54, 1.807) is 0 Å². The number of rotatable bonds is 4. The van der Waals surface area contributed by atoms with E-state index in [9.17, 15) is 4.79 Å². The summed E-state index contributed by atoms with van der Waals surface area (Å²) < 4.78 is 6.43. The predicted molar refractivity (Wildman–Crippen MR) is 84.5 cm³/mol. The van der Waals surface area contributed by atoms with Gasteiger partial charge in [0.1, 0.15) is 12.4 Å². The lowest BCUT2D eigenvalue weighted by Crippen LogP contribution is -2.27. The standard InChI is InChI=1S/C16H20BrNO2/c1-16(2,3)12-15(19)18-9-4-5-10-20-14-8-6-7-13(17)11-14/h6-8,11H,9-10,12H2,1-3H3,(H,18,19). The second kappa shape index (κ2) is 7.96. The number of amides is 1. The minimum atomic E-state index is 0.00131. The Kier molecular flexibility index (Phi) is 6.60. The Morgan fingerprint density at radius 1 is 1.35 bits per heavy atom. The van der Waals surface area contributed by atoms with Gasteiger partial charge in [0.05, 0.1) is 6.54 Å². The topological polar surface area (TPSA) is 38.3 Å². The molecule has 0 bridgehead atoms. The van der Waals surface area contributed by atoms with E-state index < -0.39 is 0 Å². The van der Waals surface area contributed by atoms with Crippen LogP contribution >= 0.6 is 15.9 Å². The zero-order chi connectivity index (χ0) is 15.0. The summed E-state index contributed by atoms with van der Waals surface area (Å²) >= 11 is 3.37. The molecule has 0 heterocycles. The molecule has 0 spiro atoms. The van der Waals surface area contributed by atoms with Gasteiger partial charge in [-0.3, -0.25) is 4.79 Å². The summed E-state index contributed by atoms with van der Waals surface area (Å²) in [5.41, 5.74) is 0.00131. The van der Waals surface area contributed by atoms with Crippen molar-refractivity contribution in [2.75, 3.05) is 13.2 Å². The molecule has 0 saturated carbocycles. The van der Waals surface area contributed by atoms with Crippen LogP contribution in [0.15, 0.2) is 28.7 Å². The number of carbonyl (C=O) groups is 1. The molecule has 1 amide bonds. The first-order valence-corrected chi connectivity index (χ1v) is 7.27. The van der Waals surface area contributed by atoms with Gasteiger partial charge in [-0.15, -0.1) is 0 Å². The Balaban J connectivity index is 2.22. The third kappa shape index (κ3) is 7.85. The molecule has 0 atom stereocenters. The molecule has 0 radical (unpaired) electrons. The summed E-state index contributed by atoms with van der Waals surface area (Å²) in [6.07, 6.45) is 0.503. The van der Waals surface area contributed by atoms with Crippen LogP contribution in [0.1, 0.15) is 27.2 Å². The molecule has 0 aliphatic carbocycles. The number of ether oxygens (including phenoxy) is 1. The van der Waals surface area contributed by atoms with Crippen molar-refractivity contribution in [2.45, 2.75) is 27.2 Å². The van der Waals surface area contributed by atoms with Gasteiger partial charge in [0.2, 0.25) is 5.91 Å². The van der Waals surface area contributed by atoms with Crippen LogP contribution in [-0.2, 0) is 4.79 Å². The van der Waals surface area contributed by atoms with Crippen LogP contribution in [-0.4, -0.2) is 19.1 Å². The average Bonchev–Trinajstić information content (AvgIpc) is 2.31. The first-order chi connectivity index (χ1) is 9.37. The molecule has 0 aliphatic heterocycles. The highest BCUT2D eigenvalue weighted by molar-refractivity contribution is 9.10. The molecule has 0 aliphatic rings. The molecule has 0 unspecified atom stereocenters. The SMILES string of the molecule is CC(C)(C)CC(=O)NCC#CCOc1cccc(Br)c1. The molecule has 4 heteroatoms. The molecule has 1 aromatic carbocycles. The smallest absolute Gasteiger partial charge is 0.221 e. The van der Waals surface area contributed by atoms with Gasteiger partial charge in [-0.2, -0.15) is 0 Å². The van der Waals surface area contributed by atoms with Gasteiger partial charge >= 0.3 is 0 Å². The molecule has 1 N–H and O–H groups in total. The maximum Gasteiger partial charge on any atom is 0.221 e. The highest BCUT2D eigenvalue weighted by Crippen LogP contribution is 2.18. The molecule has 0 fully saturated rings. The van der Waals surface area contributed by atoms with E-state index in [2.05, 4.69) is 33.1 Å². The molecule has 0 aromatic heterocycles. The van der Waals surface area contributed by atoms with Crippen LogP contribution in [0.3, 0.4) is 0 Å². The number of nitrogens with one attached hydrogen (secondary N) is 1. The van der Waals surface area contributed by atoms with Gasteiger partial charge in [0, 0.05) is 10.9 Å². The molecule has 1 aromatic rings. The van der Waals surface area contributed by atoms with Crippen LogP contribution in [0.2, 0.25) is 0 Å². The zero-order valence-electron chi connectivity index (χ0n) is 12.1. The Morgan fingerprint density at radius 2 is 2.10 bits per heavy atom. The van der Waals surface area contributed by atoms with Gasteiger partial charge in [0.25, 0.3) is 0 Å². The maximum absolute atomic E-state index is 11.5. The van der Waals surface area contributed by atoms with E-state index in [0.717, 1.165) is 10.2 Å². The van der Waals surface area contributed by atoms with E-state index >= 15 is 0 Å². The summed E-state index contributed by atoms with van der Waals surface area (Å²) in [4.78, 5) is 11.5. The first kappa shape index (κ1) is 16.6. The maximum atomic E-state index is 11.5. The largest absolute Gasteiger partial charge is 0.481 e. The van der Waals surface area contributed by atoms with Crippen molar-refractivity contribution in [2.24, 2.45) is 5.41 Å². The van der Waals surface area contributed by atoms with E-state index in [-0.39, 0.29) is 11.3 Å². The molecule has 1 rings (SSSR count). The second-order valence-corrected chi connectivity index (χ2v) is 6.53. The van der Waals surface area contributed by atoms with Crippen LogP contribution in [0, 0.1) is 17.3 Å². The second-order valence-electron chi connectivity index (χ2n) is 5.61. The summed E-state index contributed by atoms with van der Waals surface area (Å²) in [5, 5.41) is 2.77. The molecule has 20 heavy (non-hydrogen) atoms. The van der Waals surface area contributed by atoms with Crippen molar-refractivity contribution < 1.29 is 9.53 Å². The minimum Gasteiger partial charge on any atom is -0.481 e. The molecule has 0 saturated heterocycles. The van der Waals surface area contributed by atoms with E-state index in [0.29, 0.717) is 19.6 Å². The van der Waals surface area contributed by atoms with Crippen LogP contribution in [0.4, 0.5) is 0 Å². The highest BCUT2D eigenvalue weighted by atomic mass is 79.9. The summed E-state index contributed by atoms with van der Waals surface area (Å²) in [6, 6.07) is 7.59. The fourth-order valence-electron chi connectivity index (χ4n) is 1.48. The van der Waals surface area contributed by atoms with Crippen LogP contribution in [0.25, 0.3) is 0 Å². The number of hydrogen-bond acceptors (Lipinski definition) is 2. The van der Waals surface area contributed by atoms with Crippen LogP contribution in [0.5, 0.6) is 5.75 Å². The van der Waals surface area contributed by atoms with Crippen molar-refractivity contribution in [1.82, 2.24) is 5.32 Å². The lowest BCUT2D eigenvalue weighted by Gasteiger charge is -2.16. The Morgan fingerprint density at radius 3 is 2.75 bits per heavy atom. The fraction of sp³-hybridized carbons (Fsp3) is 0.438. The van der Waals surface area contributed by atoms with Gasteiger partial charge in [-0.05, 0) is 23.6 Å². The van der Waals surface area contributed by atoms with Crippen molar-refractivity contribution in [1.29, 1.82) is 0 Å². The van der Waals surface area contributed by atoms with Gasteiger partial charge in [-0.1, -0.05) is 54.6 Å². The van der Waals surface area contributed by atoms with Gasteiger partial charge in [0.15, 0.2) is 0 Å². The lowest BCUT2D eigenvalue weighted by atomic mass is 9.92. The summed E-state index contributed by atoms with van der Waals surface area (Å²) in [5.74, 6) is 6.53. The van der Waals surface area contributed by atoms with Crippen molar-refractivity contribution in [3.05, 3.63) is 28.7 Å². The normalized spacial score (nSPS) is 10.4. The van der Waals surface area contributed by atoms with Gasteiger partial charge < -0.3 is 10.1 Å². The number of halogens is 1. The molecular formula is C16H20BrNO2. The van der Waals surface area contributed by atoms with Gasteiger partial charge in [-0.25, -0.2) is 0 Å². The number of carbonyl (C=O) groups excluding carboxylic acids is 1. The minimum absolute atomic E-state index is 0.00131. The number of hydrogen-bond donors (Lipinski definition) is 1. The number of benzene rings is 1. The van der Waals surface area contributed by atoms with E-state index in [1.807, 2.05) is 45.0 Å². The first-order valence-electron chi connectivity index (χ1n) is 6.48. The summed E-state index contributed by atoms with van der Waals surface area (Å²) in [6.45, 7) is 6.76. The third-order valence-electron chi connectivity index (χ3n) is 2.30. The zero-order valence-corrected chi connectivity index (χ0v) is 13.7. The quantitative estimate of drug-likeness (QED) is 0.855. The lowest BCUT2D eigenvalue weighted by molar-refractivity contribution is -0.122. The van der Waals surface area contributed by atoms with Crippen molar-refractivity contribution in [3.8, 4) is 17.6 Å². The van der Waals surface area contributed by atoms with Crippen molar-refractivity contribution >= 4 is 21.8 Å².